The van der Waals surface area contributed by atoms with E-state index in [9.17, 15) is 22.8 Å². The van der Waals surface area contributed by atoms with Crippen molar-refractivity contribution in [3.63, 3.8) is 0 Å². The second-order valence-electron chi connectivity index (χ2n) is 9.99. The van der Waals surface area contributed by atoms with Gasteiger partial charge in [-0.1, -0.05) is 32.0 Å². The average Bonchev–Trinajstić information content (AvgIpc) is 3.33. The Labute approximate surface area is 217 Å². The first kappa shape index (κ1) is 25.7. The Bertz CT molecular complexity index is 1530. The molecule has 0 aliphatic carbocycles. The van der Waals surface area contributed by atoms with Gasteiger partial charge in [-0.15, -0.1) is 10.2 Å². The highest BCUT2D eigenvalue weighted by Gasteiger charge is 2.31. The van der Waals surface area contributed by atoms with Crippen LogP contribution in [0.5, 0.6) is 0 Å². The Hall–Kier alpha value is -3.89. The number of para-hydroxylation sites is 1. The van der Waals surface area contributed by atoms with Crippen LogP contribution in [-0.4, -0.2) is 56.2 Å². The van der Waals surface area contributed by atoms with Crippen LogP contribution in [0.15, 0.2) is 53.3 Å². The van der Waals surface area contributed by atoms with Crippen molar-refractivity contribution in [3.05, 3.63) is 70.3 Å². The molecule has 8 nitrogen and oxygen atoms in total. The summed E-state index contributed by atoms with van der Waals surface area (Å²) in [6.45, 7) is 6.31. The van der Waals surface area contributed by atoms with Gasteiger partial charge in [0.05, 0.1) is 16.5 Å². The first-order valence-electron chi connectivity index (χ1n) is 12.7. The zero-order chi connectivity index (χ0) is 27.0. The number of amides is 1. The number of carbonyl (C=O) groups is 1. The van der Waals surface area contributed by atoms with Gasteiger partial charge in [0, 0.05) is 51.3 Å². The van der Waals surface area contributed by atoms with E-state index >= 15 is 0 Å². The van der Waals surface area contributed by atoms with Gasteiger partial charge in [0.2, 0.25) is 11.7 Å². The molecule has 0 bridgehead atoms. The van der Waals surface area contributed by atoms with E-state index in [4.69, 9.17) is 0 Å². The molecule has 3 heterocycles. The lowest BCUT2D eigenvalue weighted by atomic mass is 10.1. The van der Waals surface area contributed by atoms with Crippen LogP contribution in [0, 0.1) is 5.92 Å². The number of halogens is 3. The Morgan fingerprint density at radius 1 is 1.00 bits per heavy atom. The molecular weight excluding hydrogens is 497 g/mol. The molecule has 1 saturated heterocycles. The predicted octanol–water partition coefficient (Wildman–Crippen LogP) is 4.00. The summed E-state index contributed by atoms with van der Waals surface area (Å²) in [4.78, 5) is 29.8. The molecule has 1 aliphatic heterocycles. The van der Waals surface area contributed by atoms with E-state index in [1.54, 1.807) is 21.6 Å². The summed E-state index contributed by atoms with van der Waals surface area (Å²) in [5.41, 5.74) is 0.409. The summed E-state index contributed by atoms with van der Waals surface area (Å²) < 4.78 is 42.8. The maximum atomic E-state index is 13.1. The van der Waals surface area contributed by atoms with Gasteiger partial charge in [-0.25, -0.2) is 0 Å². The monoisotopic (exact) mass is 526 g/mol. The maximum absolute atomic E-state index is 13.1. The lowest BCUT2D eigenvalue weighted by molar-refractivity contribution is -0.137. The first-order valence-corrected chi connectivity index (χ1v) is 12.7. The van der Waals surface area contributed by atoms with E-state index in [0.717, 1.165) is 12.1 Å². The molecule has 0 atom stereocenters. The number of nitrogens with zero attached hydrogens (tertiary/aromatic N) is 6. The van der Waals surface area contributed by atoms with Crippen LogP contribution >= 0.6 is 0 Å². The van der Waals surface area contributed by atoms with E-state index in [0.29, 0.717) is 67.3 Å². The summed E-state index contributed by atoms with van der Waals surface area (Å²) in [6, 6.07) is 12.6. The highest BCUT2D eigenvalue weighted by atomic mass is 19.4. The second kappa shape index (κ2) is 10.1. The number of fused-ring (bicyclic) bond motifs is 3. The Morgan fingerprint density at radius 3 is 2.45 bits per heavy atom. The van der Waals surface area contributed by atoms with Gasteiger partial charge >= 0.3 is 6.18 Å². The average molecular weight is 527 g/mol. The number of carbonyl (C=O) groups excluding carboxylic acids is 1. The van der Waals surface area contributed by atoms with Crippen molar-refractivity contribution in [2.45, 2.75) is 39.4 Å². The largest absolute Gasteiger partial charge is 0.416 e. The third-order valence-electron chi connectivity index (χ3n) is 6.86. The molecule has 11 heteroatoms. The zero-order valence-electron chi connectivity index (χ0n) is 21.3. The molecule has 200 valence electrons. The number of benzene rings is 2. The fraction of sp³-hybridized carbons (Fsp3) is 0.407. The van der Waals surface area contributed by atoms with Crippen LogP contribution in [0.1, 0.15) is 31.7 Å². The fourth-order valence-corrected chi connectivity index (χ4v) is 4.98. The lowest BCUT2D eigenvalue weighted by Crippen LogP contribution is -2.48. The number of aromatic nitrogens is 4. The molecule has 1 amide bonds. The van der Waals surface area contributed by atoms with E-state index in [-0.39, 0.29) is 23.8 Å². The number of anilines is 1. The molecule has 0 spiro atoms. The van der Waals surface area contributed by atoms with Crippen LogP contribution in [0.25, 0.3) is 16.7 Å². The molecule has 4 aromatic rings. The van der Waals surface area contributed by atoms with E-state index in [2.05, 4.69) is 10.2 Å². The molecule has 0 radical (unpaired) electrons. The molecule has 5 rings (SSSR count). The van der Waals surface area contributed by atoms with Crippen molar-refractivity contribution in [1.82, 2.24) is 24.1 Å². The third-order valence-corrected chi connectivity index (χ3v) is 6.86. The third kappa shape index (κ3) is 4.97. The fourth-order valence-electron chi connectivity index (χ4n) is 4.98. The molecule has 1 aliphatic rings. The Balaban J connectivity index is 1.30. The van der Waals surface area contributed by atoms with Crippen molar-refractivity contribution < 1.29 is 18.0 Å². The second-order valence-corrected chi connectivity index (χ2v) is 9.99. The number of rotatable bonds is 6. The zero-order valence-corrected chi connectivity index (χ0v) is 21.3. The van der Waals surface area contributed by atoms with Crippen molar-refractivity contribution >= 4 is 28.3 Å². The smallest absolute Gasteiger partial charge is 0.368 e. The highest BCUT2D eigenvalue weighted by Crippen LogP contribution is 2.32. The van der Waals surface area contributed by atoms with Crippen molar-refractivity contribution in [1.29, 1.82) is 0 Å². The lowest BCUT2D eigenvalue weighted by Gasteiger charge is -2.36. The number of hydrogen-bond acceptors (Lipinski definition) is 5. The SMILES string of the molecule is CC(C)Cn1c(=O)c2ccccc2n2c(CCC(=O)N3CCN(c4cccc(C(F)(F)F)c4)CC3)nnc12. The van der Waals surface area contributed by atoms with Gasteiger partial charge < -0.3 is 9.80 Å². The topological polar surface area (TPSA) is 75.7 Å². The maximum Gasteiger partial charge on any atom is 0.416 e. The molecule has 0 N–H and O–H groups in total. The van der Waals surface area contributed by atoms with Gasteiger partial charge in [-0.3, -0.25) is 18.6 Å². The number of alkyl halides is 3. The van der Waals surface area contributed by atoms with Crippen LogP contribution in [0.4, 0.5) is 18.9 Å². The van der Waals surface area contributed by atoms with Gasteiger partial charge in [-0.2, -0.15) is 13.2 Å². The van der Waals surface area contributed by atoms with Crippen LogP contribution in [0.3, 0.4) is 0 Å². The normalized spacial score (nSPS) is 14.7. The van der Waals surface area contributed by atoms with Crippen LogP contribution in [-0.2, 0) is 23.9 Å². The highest BCUT2D eigenvalue weighted by molar-refractivity contribution is 5.80. The first-order chi connectivity index (χ1) is 18.1. The molecule has 2 aromatic heterocycles. The summed E-state index contributed by atoms with van der Waals surface area (Å²) in [5.74, 6) is 1.24. The summed E-state index contributed by atoms with van der Waals surface area (Å²) in [7, 11) is 0. The molecule has 2 aromatic carbocycles. The number of aryl methyl sites for hydroxylation is 1. The number of hydrogen-bond donors (Lipinski definition) is 0. The summed E-state index contributed by atoms with van der Waals surface area (Å²) >= 11 is 0. The minimum Gasteiger partial charge on any atom is -0.368 e. The van der Waals surface area contributed by atoms with Crippen molar-refractivity contribution in [2.75, 3.05) is 31.1 Å². The van der Waals surface area contributed by atoms with Crippen LogP contribution < -0.4 is 10.5 Å². The quantitative estimate of drug-likeness (QED) is 0.380. The van der Waals surface area contributed by atoms with Gasteiger partial charge in [0.15, 0.2) is 0 Å². The molecule has 1 fully saturated rings. The van der Waals surface area contributed by atoms with Gasteiger partial charge in [0.25, 0.3) is 5.56 Å². The molecule has 0 saturated carbocycles. The predicted molar refractivity (Wildman–Crippen MR) is 138 cm³/mol. The molecule has 0 unspecified atom stereocenters. The minimum atomic E-state index is -4.39. The van der Waals surface area contributed by atoms with Crippen molar-refractivity contribution in [3.8, 4) is 0 Å². The molecular formula is C27H29F3N6O2. The summed E-state index contributed by atoms with van der Waals surface area (Å²) in [5, 5.41) is 9.21. The van der Waals surface area contributed by atoms with Crippen LogP contribution in [0.2, 0.25) is 0 Å². The Morgan fingerprint density at radius 2 is 1.74 bits per heavy atom. The Kier molecular flexibility index (Phi) is 6.85. The van der Waals surface area contributed by atoms with Gasteiger partial charge in [-0.05, 0) is 36.2 Å². The molecule has 38 heavy (non-hydrogen) atoms. The van der Waals surface area contributed by atoms with E-state index < -0.39 is 11.7 Å². The van der Waals surface area contributed by atoms with Gasteiger partial charge in [0.1, 0.15) is 5.82 Å². The summed E-state index contributed by atoms with van der Waals surface area (Å²) in [6.07, 6.45) is -3.84. The van der Waals surface area contributed by atoms with E-state index in [1.165, 1.54) is 6.07 Å². The van der Waals surface area contributed by atoms with Crippen molar-refractivity contribution in [2.24, 2.45) is 5.92 Å². The van der Waals surface area contributed by atoms with E-state index in [1.807, 2.05) is 41.3 Å². The minimum absolute atomic E-state index is 0.0507. The standard InChI is InChI=1S/C27H29F3N6O2/c1-18(2)17-35-25(38)21-8-3-4-9-22(21)36-23(31-32-26(35)36)10-11-24(37)34-14-12-33(13-15-34)20-7-5-6-19(16-20)27(28,29)30/h3-9,16,18H,10-15,17H2,1-2H3. The number of piperazine rings is 1.